The normalized spacial score (nSPS) is 12.6. The van der Waals surface area contributed by atoms with Gasteiger partial charge in [-0.2, -0.15) is 0 Å². The second-order valence-corrected chi connectivity index (χ2v) is 9.03. The molecule has 0 aliphatic carbocycles. The Morgan fingerprint density at radius 1 is 0.854 bits per heavy atom. The first-order valence-corrected chi connectivity index (χ1v) is 12.0. The van der Waals surface area contributed by atoms with Crippen LogP contribution in [0.3, 0.4) is 0 Å². The molecule has 0 aliphatic heterocycles. The van der Waals surface area contributed by atoms with Gasteiger partial charge in [0.25, 0.3) is 0 Å². The van der Waals surface area contributed by atoms with Crippen molar-refractivity contribution in [3.05, 3.63) is 88.3 Å². The molecule has 218 valence electrons. The summed E-state index contributed by atoms with van der Waals surface area (Å²) in [6, 6.07) is 3.53. The predicted octanol–water partition coefficient (Wildman–Crippen LogP) is 5.82. The van der Waals surface area contributed by atoms with Crippen molar-refractivity contribution in [3.63, 3.8) is 0 Å². The van der Waals surface area contributed by atoms with Crippen molar-refractivity contribution in [1.29, 1.82) is 0 Å². The van der Waals surface area contributed by atoms with Crippen molar-refractivity contribution < 1.29 is 54.9 Å². The molecule has 0 fully saturated rings. The molecule has 0 N–H and O–H groups in total. The van der Waals surface area contributed by atoms with Crippen LogP contribution in [0.2, 0.25) is 0 Å². The molecule has 0 bridgehead atoms. The van der Waals surface area contributed by atoms with E-state index in [4.69, 9.17) is 14.2 Å². The minimum atomic E-state index is -1.81. The van der Waals surface area contributed by atoms with Crippen molar-refractivity contribution in [2.75, 3.05) is 7.11 Å². The van der Waals surface area contributed by atoms with Crippen molar-refractivity contribution >= 4 is 17.7 Å². The first kappa shape index (κ1) is 31.1. The summed E-state index contributed by atoms with van der Waals surface area (Å²) in [5, 5.41) is 0. The lowest BCUT2D eigenvalue weighted by atomic mass is 9.86. The van der Waals surface area contributed by atoms with E-state index in [2.05, 4.69) is 4.98 Å². The molecule has 1 heterocycles. The van der Waals surface area contributed by atoms with Gasteiger partial charge in [0.2, 0.25) is 5.75 Å². The minimum Gasteiger partial charge on any atom is -0.493 e. The van der Waals surface area contributed by atoms with Crippen molar-refractivity contribution in [2.45, 2.75) is 39.2 Å². The molecule has 3 aromatic rings. The quantitative estimate of drug-likeness (QED) is 0.129. The Morgan fingerprint density at radius 2 is 1.34 bits per heavy atom. The molecule has 3 rings (SSSR count). The maximum Gasteiger partial charge on any atom is 0.309 e. The summed E-state index contributed by atoms with van der Waals surface area (Å²) in [6.45, 7) is 3.62. The molecular formula is C28H23F6NO6. The van der Waals surface area contributed by atoms with Gasteiger partial charge in [0.1, 0.15) is 6.10 Å². The van der Waals surface area contributed by atoms with Crippen molar-refractivity contribution in [3.8, 4) is 11.5 Å². The number of carbonyl (C=O) groups is 3. The van der Waals surface area contributed by atoms with Crippen LogP contribution in [0.1, 0.15) is 54.7 Å². The zero-order valence-corrected chi connectivity index (χ0v) is 22.1. The standard InChI is InChI=1S/C28H23F6NO6/c1-12(7-21(37)26-27(41-14(3)36)22(39-4)5-6-35-26)28(38)40-13(2)23(15-8-17(29)24(33)18(30)9-15)16-10-19(31)25(34)20(32)11-16/h5-6,8-13,23H,7H2,1-4H3/t12-,13+/m1/s1. The summed E-state index contributed by atoms with van der Waals surface area (Å²) in [7, 11) is 1.27. The summed E-state index contributed by atoms with van der Waals surface area (Å²) in [5.74, 6) is -15.5. The Morgan fingerprint density at radius 3 is 1.78 bits per heavy atom. The third-order valence-corrected chi connectivity index (χ3v) is 5.99. The molecule has 0 saturated carbocycles. The Kier molecular flexibility index (Phi) is 9.74. The molecule has 13 heteroatoms. The number of esters is 2. The van der Waals surface area contributed by atoms with Crippen LogP contribution in [0.4, 0.5) is 26.3 Å². The maximum atomic E-state index is 14.0. The van der Waals surface area contributed by atoms with E-state index in [0.29, 0.717) is 24.3 Å². The monoisotopic (exact) mass is 583 g/mol. The van der Waals surface area contributed by atoms with E-state index >= 15 is 0 Å². The zero-order valence-electron chi connectivity index (χ0n) is 22.1. The van der Waals surface area contributed by atoms with Gasteiger partial charge in [-0.05, 0) is 42.3 Å². The van der Waals surface area contributed by atoms with Gasteiger partial charge in [0.05, 0.1) is 13.0 Å². The van der Waals surface area contributed by atoms with Gasteiger partial charge < -0.3 is 14.2 Å². The fourth-order valence-electron chi connectivity index (χ4n) is 4.10. The Balaban J connectivity index is 1.90. The van der Waals surface area contributed by atoms with E-state index in [-0.39, 0.29) is 28.3 Å². The minimum absolute atomic E-state index is 0.0303. The number of rotatable bonds is 10. The highest BCUT2D eigenvalue weighted by molar-refractivity contribution is 5.99. The molecule has 7 nitrogen and oxygen atoms in total. The van der Waals surface area contributed by atoms with Crippen LogP contribution in [0.15, 0.2) is 36.5 Å². The van der Waals surface area contributed by atoms with Crippen LogP contribution in [0.25, 0.3) is 0 Å². The topological polar surface area (TPSA) is 91.8 Å². The number of methoxy groups -OCH3 is 1. The number of carbonyl (C=O) groups excluding carboxylic acids is 3. The number of halogens is 6. The SMILES string of the molecule is COc1ccnc(C(=O)C[C@@H](C)C(=O)O[C@@H](C)C(c2cc(F)c(F)c(F)c2)c2cc(F)c(F)c(F)c2)c1OC(C)=O. The van der Waals surface area contributed by atoms with Gasteiger partial charge in [-0.15, -0.1) is 0 Å². The third-order valence-electron chi connectivity index (χ3n) is 5.99. The van der Waals surface area contributed by atoms with Gasteiger partial charge in [-0.1, -0.05) is 6.92 Å². The van der Waals surface area contributed by atoms with E-state index < -0.39 is 77.0 Å². The zero-order chi connectivity index (χ0) is 30.6. The Bertz CT molecular complexity index is 1390. The highest BCUT2D eigenvalue weighted by Gasteiger charge is 2.32. The lowest BCUT2D eigenvalue weighted by Crippen LogP contribution is -2.28. The highest BCUT2D eigenvalue weighted by Crippen LogP contribution is 2.35. The predicted molar refractivity (Wildman–Crippen MR) is 130 cm³/mol. The molecule has 0 unspecified atom stereocenters. The van der Waals surface area contributed by atoms with Crippen LogP contribution < -0.4 is 9.47 Å². The van der Waals surface area contributed by atoms with Crippen molar-refractivity contribution in [2.24, 2.45) is 5.92 Å². The molecule has 0 amide bonds. The molecule has 41 heavy (non-hydrogen) atoms. The summed E-state index contributed by atoms with van der Waals surface area (Å²) >= 11 is 0. The van der Waals surface area contributed by atoms with Gasteiger partial charge in [0.15, 0.2) is 52.1 Å². The number of Topliss-reactive ketones (excluding diaryl/α,β-unsaturated/α-hetero) is 1. The van der Waals surface area contributed by atoms with Crippen LogP contribution in [0, 0.1) is 40.8 Å². The average molecular weight is 583 g/mol. The van der Waals surface area contributed by atoms with E-state index in [0.717, 1.165) is 6.92 Å². The second-order valence-electron chi connectivity index (χ2n) is 9.03. The largest absolute Gasteiger partial charge is 0.493 e. The smallest absolute Gasteiger partial charge is 0.309 e. The number of pyridine rings is 1. The van der Waals surface area contributed by atoms with E-state index in [1.807, 2.05) is 0 Å². The number of nitrogens with zero attached hydrogens (tertiary/aromatic N) is 1. The molecule has 2 aromatic carbocycles. The molecule has 0 spiro atoms. The van der Waals surface area contributed by atoms with Gasteiger partial charge in [-0.25, -0.2) is 31.3 Å². The van der Waals surface area contributed by atoms with Gasteiger partial charge >= 0.3 is 11.9 Å². The number of ketones is 1. The number of benzene rings is 2. The van der Waals surface area contributed by atoms with Crippen molar-refractivity contribution in [1.82, 2.24) is 4.98 Å². The highest BCUT2D eigenvalue weighted by atomic mass is 19.2. The fraction of sp³-hybridized carbons (Fsp3) is 0.286. The van der Waals surface area contributed by atoms with Gasteiger partial charge in [-0.3, -0.25) is 14.4 Å². The van der Waals surface area contributed by atoms with Crippen LogP contribution >= 0.6 is 0 Å². The number of hydrogen-bond acceptors (Lipinski definition) is 7. The molecule has 1 aromatic heterocycles. The van der Waals surface area contributed by atoms with Crippen LogP contribution in [-0.2, 0) is 14.3 Å². The fourth-order valence-corrected chi connectivity index (χ4v) is 4.10. The summed E-state index contributed by atoms with van der Waals surface area (Å²) in [5.41, 5.74) is -1.05. The summed E-state index contributed by atoms with van der Waals surface area (Å²) in [4.78, 5) is 41.3. The number of hydrogen-bond donors (Lipinski definition) is 0. The van der Waals surface area contributed by atoms with Gasteiger partial charge in [0, 0.05) is 31.5 Å². The lowest BCUT2D eigenvalue weighted by Gasteiger charge is -2.26. The first-order chi connectivity index (χ1) is 19.2. The number of aromatic nitrogens is 1. The number of ether oxygens (including phenoxy) is 3. The Labute approximate surface area is 230 Å². The van der Waals surface area contributed by atoms with E-state index in [1.165, 1.54) is 33.2 Å². The van der Waals surface area contributed by atoms with E-state index in [1.54, 1.807) is 0 Å². The van der Waals surface area contributed by atoms with Crippen LogP contribution in [0.5, 0.6) is 11.5 Å². The molecular weight excluding hydrogens is 560 g/mol. The summed E-state index contributed by atoms with van der Waals surface area (Å²) in [6.07, 6.45) is -0.707. The Hall–Kier alpha value is -4.42. The molecule has 2 atom stereocenters. The first-order valence-electron chi connectivity index (χ1n) is 12.0. The third kappa shape index (κ3) is 7.02. The summed E-state index contributed by atoms with van der Waals surface area (Å²) < 4.78 is 98.9. The molecule has 0 aliphatic rings. The average Bonchev–Trinajstić information content (AvgIpc) is 2.89. The molecule has 0 radical (unpaired) electrons. The molecule has 0 saturated heterocycles. The lowest BCUT2D eigenvalue weighted by molar-refractivity contribution is -0.153. The van der Waals surface area contributed by atoms with E-state index in [9.17, 15) is 40.7 Å². The van der Waals surface area contributed by atoms with Crippen LogP contribution in [-0.4, -0.2) is 35.9 Å². The maximum absolute atomic E-state index is 14.0. The second kappa shape index (κ2) is 12.8.